The first-order valence-corrected chi connectivity index (χ1v) is 8.53. The van der Waals surface area contributed by atoms with Gasteiger partial charge >= 0.3 is 0 Å². The fourth-order valence-corrected chi connectivity index (χ4v) is 2.34. The molecule has 1 amide bonds. The maximum Gasteiger partial charge on any atom is 0.255 e. The van der Waals surface area contributed by atoms with Gasteiger partial charge < -0.3 is 20.5 Å². The van der Waals surface area contributed by atoms with Gasteiger partial charge in [0.05, 0.1) is 17.9 Å². The molecule has 2 rings (SSSR count). The molecule has 1 aromatic carbocycles. The van der Waals surface area contributed by atoms with Gasteiger partial charge in [-0.15, -0.1) is 0 Å². The van der Waals surface area contributed by atoms with Crippen LogP contribution in [0.3, 0.4) is 0 Å². The highest BCUT2D eigenvalue weighted by molar-refractivity contribution is 5.98. The number of carbonyl (C=O) groups excluding carboxylic acids is 1. The maximum atomic E-state index is 12.3. The molecular weight excluding hydrogens is 330 g/mol. The second-order valence-electron chi connectivity index (χ2n) is 5.69. The van der Waals surface area contributed by atoms with Crippen molar-refractivity contribution >= 4 is 11.7 Å². The van der Waals surface area contributed by atoms with Crippen molar-refractivity contribution in [3.8, 4) is 5.75 Å². The molecule has 0 atom stereocenters. The predicted octanol–water partition coefficient (Wildman–Crippen LogP) is 3.09. The Hall–Kier alpha value is -2.86. The van der Waals surface area contributed by atoms with Gasteiger partial charge in [0, 0.05) is 13.7 Å². The van der Waals surface area contributed by atoms with Crippen molar-refractivity contribution in [1.29, 1.82) is 0 Å². The van der Waals surface area contributed by atoms with Gasteiger partial charge in [-0.1, -0.05) is 31.2 Å². The number of hydrogen-bond acceptors (Lipinski definition) is 5. The van der Waals surface area contributed by atoms with Crippen LogP contribution in [0, 0.1) is 0 Å². The third-order valence-corrected chi connectivity index (χ3v) is 3.62. The van der Waals surface area contributed by atoms with Crippen molar-refractivity contribution in [1.82, 2.24) is 10.3 Å². The Balaban J connectivity index is 1.93. The lowest BCUT2D eigenvalue weighted by Crippen LogP contribution is -2.24. The highest BCUT2D eigenvalue weighted by atomic mass is 16.5. The van der Waals surface area contributed by atoms with Crippen LogP contribution in [-0.4, -0.2) is 24.6 Å². The number of allylic oxidation sites excluding steroid dienone is 1. The van der Waals surface area contributed by atoms with Gasteiger partial charge in [-0.2, -0.15) is 0 Å². The van der Waals surface area contributed by atoms with Gasteiger partial charge in [0.2, 0.25) is 0 Å². The van der Waals surface area contributed by atoms with Crippen LogP contribution in [-0.2, 0) is 17.9 Å². The number of nitrogens with zero attached hydrogens (tertiary/aromatic N) is 1. The number of methoxy groups -OCH3 is 1. The molecular formula is C20H25N3O3. The van der Waals surface area contributed by atoms with E-state index in [1.54, 1.807) is 19.2 Å². The van der Waals surface area contributed by atoms with Crippen molar-refractivity contribution in [3.63, 3.8) is 0 Å². The summed E-state index contributed by atoms with van der Waals surface area (Å²) in [7, 11) is 1.58. The molecule has 0 radical (unpaired) electrons. The first-order valence-electron chi connectivity index (χ1n) is 8.53. The molecule has 0 saturated carbocycles. The fraction of sp³-hybridized carbons (Fsp3) is 0.300. The van der Waals surface area contributed by atoms with Gasteiger partial charge in [0.15, 0.2) is 0 Å². The Morgan fingerprint density at radius 1 is 1.27 bits per heavy atom. The molecule has 0 aliphatic rings. The number of rotatable bonds is 9. The van der Waals surface area contributed by atoms with E-state index in [9.17, 15) is 4.79 Å². The molecule has 1 heterocycles. The smallest absolute Gasteiger partial charge is 0.255 e. The highest BCUT2D eigenvalue weighted by Gasteiger charge is 2.11. The number of benzene rings is 1. The van der Waals surface area contributed by atoms with E-state index >= 15 is 0 Å². The molecule has 0 aliphatic heterocycles. The van der Waals surface area contributed by atoms with Crippen molar-refractivity contribution < 1.29 is 14.3 Å². The SMILES string of the molecule is CCC=CCOc1cccc(CNC(=O)c2ccc(COC)nc2N)c1. The van der Waals surface area contributed by atoms with Gasteiger partial charge in [-0.3, -0.25) is 4.79 Å². The average Bonchev–Trinajstić information content (AvgIpc) is 2.64. The van der Waals surface area contributed by atoms with E-state index in [0.717, 1.165) is 17.7 Å². The Bertz CT molecular complexity index is 760. The molecule has 3 N–H and O–H groups in total. The van der Waals surface area contributed by atoms with E-state index in [1.807, 2.05) is 30.3 Å². The number of ether oxygens (including phenoxy) is 2. The van der Waals surface area contributed by atoms with Crippen molar-refractivity contribution in [3.05, 3.63) is 65.4 Å². The summed E-state index contributed by atoms with van der Waals surface area (Å²) in [6, 6.07) is 11.0. The number of pyridine rings is 1. The molecule has 0 spiro atoms. The first-order chi connectivity index (χ1) is 12.6. The predicted molar refractivity (Wildman–Crippen MR) is 102 cm³/mol. The van der Waals surface area contributed by atoms with E-state index in [-0.39, 0.29) is 11.7 Å². The Morgan fingerprint density at radius 2 is 2.12 bits per heavy atom. The molecule has 6 nitrogen and oxygen atoms in total. The van der Waals surface area contributed by atoms with Crippen LogP contribution in [0.2, 0.25) is 0 Å². The van der Waals surface area contributed by atoms with Crippen LogP contribution in [0.5, 0.6) is 5.75 Å². The van der Waals surface area contributed by atoms with E-state index in [2.05, 4.69) is 23.3 Å². The van der Waals surface area contributed by atoms with Gasteiger partial charge in [0.25, 0.3) is 5.91 Å². The molecule has 0 fully saturated rings. The Morgan fingerprint density at radius 3 is 2.85 bits per heavy atom. The summed E-state index contributed by atoms with van der Waals surface area (Å²) in [4.78, 5) is 16.5. The number of carbonyl (C=O) groups is 1. The molecule has 0 aliphatic carbocycles. The zero-order chi connectivity index (χ0) is 18.8. The number of amides is 1. The highest BCUT2D eigenvalue weighted by Crippen LogP contribution is 2.14. The van der Waals surface area contributed by atoms with Crippen LogP contribution < -0.4 is 15.8 Å². The number of nitrogens with two attached hydrogens (primary N) is 1. The van der Waals surface area contributed by atoms with Crippen molar-refractivity contribution in [2.24, 2.45) is 0 Å². The lowest BCUT2D eigenvalue weighted by molar-refractivity contribution is 0.0951. The van der Waals surface area contributed by atoms with Gasteiger partial charge in [-0.05, 0) is 36.2 Å². The molecule has 6 heteroatoms. The second-order valence-corrected chi connectivity index (χ2v) is 5.69. The van der Waals surface area contributed by atoms with Crippen LogP contribution in [0.4, 0.5) is 5.82 Å². The first kappa shape index (κ1) is 19.5. The molecule has 138 valence electrons. The summed E-state index contributed by atoms with van der Waals surface area (Å²) in [5.41, 5.74) is 7.85. The van der Waals surface area contributed by atoms with Crippen LogP contribution in [0.25, 0.3) is 0 Å². The standard InChI is InChI=1S/C20H25N3O3/c1-3-4-5-11-26-17-8-6-7-15(12-17)13-22-20(24)18-10-9-16(14-25-2)23-19(18)21/h4-10,12H,3,11,13-14H2,1-2H3,(H2,21,23)(H,22,24). The Kier molecular flexibility index (Phi) is 7.64. The number of nitrogens with one attached hydrogen (secondary N) is 1. The molecule has 0 saturated heterocycles. The van der Waals surface area contributed by atoms with Crippen molar-refractivity contribution in [2.75, 3.05) is 19.5 Å². The van der Waals surface area contributed by atoms with E-state index in [1.165, 1.54) is 0 Å². The van der Waals surface area contributed by atoms with Crippen LogP contribution >= 0.6 is 0 Å². The van der Waals surface area contributed by atoms with Gasteiger partial charge in [-0.25, -0.2) is 4.98 Å². The average molecular weight is 355 g/mol. The summed E-state index contributed by atoms with van der Waals surface area (Å²) in [5.74, 6) is 0.690. The number of anilines is 1. The largest absolute Gasteiger partial charge is 0.490 e. The zero-order valence-electron chi connectivity index (χ0n) is 15.2. The van der Waals surface area contributed by atoms with Crippen molar-refractivity contribution in [2.45, 2.75) is 26.5 Å². The molecule has 26 heavy (non-hydrogen) atoms. The van der Waals surface area contributed by atoms with Crippen LogP contribution in [0.1, 0.15) is 35.0 Å². The fourth-order valence-electron chi connectivity index (χ4n) is 2.34. The van der Waals surface area contributed by atoms with E-state index in [0.29, 0.717) is 31.0 Å². The van der Waals surface area contributed by atoms with Crippen LogP contribution in [0.15, 0.2) is 48.6 Å². The minimum absolute atomic E-state index is 0.192. The summed E-state index contributed by atoms with van der Waals surface area (Å²) in [6.45, 7) is 3.33. The summed E-state index contributed by atoms with van der Waals surface area (Å²) >= 11 is 0. The molecule has 1 aromatic heterocycles. The van der Waals surface area contributed by atoms with E-state index < -0.39 is 0 Å². The normalized spacial score (nSPS) is 10.8. The maximum absolute atomic E-state index is 12.3. The summed E-state index contributed by atoms with van der Waals surface area (Å²) in [6.07, 6.45) is 5.03. The Labute approximate surface area is 154 Å². The second kappa shape index (κ2) is 10.2. The lowest BCUT2D eigenvalue weighted by atomic mass is 10.2. The molecule has 2 aromatic rings. The topological polar surface area (TPSA) is 86.5 Å². The lowest BCUT2D eigenvalue weighted by Gasteiger charge is -2.10. The monoisotopic (exact) mass is 355 g/mol. The summed E-state index contributed by atoms with van der Waals surface area (Å²) < 4.78 is 10.7. The van der Waals surface area contributed by atoms with E-state index in [4.69, 9.17) is 15.2 Å². The minimum atomic E-state index is -0.267. The third-order valence-electron chi connectivity index (χ3n) is 3.62. The molecule has 0 bridgehead atoms. The number of aromatic nitrogens is 1. The zero-order valence-corrected chi connectivity index (χ0v) is 15.2. The molecule has 0 unspecified atom stereocenters. The quantitative estimate of drug-likeness (QED) is 0.675. The number of nitrogen functional groups attached to an aromatic ring is 1. The van der Waals surface area contributed by atoms with Gasteiger partial charge in [0.1, 0.15) is 18.2 Å². The minimum Gasteiger partial charge on any atom is -0.490 e. The number of hydrogen-bond donors (Lipinski definition) is 2. The third kappa shape index (κ3) is 5.89. The summed E-state index contributed by atoms with van der Waals surface area (Å²) in [5, 5.41) is 2.85.